The van der Waals surface area contributed by atoms with Gasteiger partial charge in [0.15, 0.2) is 6.61 Å². The van der Waals surface area contributed by atoms with Gasteiger partial charge in [0, 0.05) is 5.56 Å². The molecule has 4 nitrogen and oxygen atoms in total. The maximum absolute atomic E-state index is 12.0. The Bertz CT molecular complexity index is 544. The van der Waals surface area contributed by atoms with E-state index in [1.807, 2.05) is 0 Å². The van der Waals surface area contributed by atoms with Crippen LogP contribution in [0.3, 0.4) is 0 Å². The predicted octanol–water partition coefficient (Wildman–Crippen LogP) is 2.62. The van der Waals surface area contributed by atoms with Crippen molar-refractivity contribution in [3.63, 3.8) is 0 Å². The van der Waals surface area contributed by atoms with Crippen molar-refractivity contribution in [2.45, 2.75) is 6.18 Å². The number of carbonyl (C=O) groups is 1. The molecule has 0 bridgehead atoms. The van der Waals surface area contributed by atoms with E-state index in [0.717, 1.165) is 6.08 Å². The minimum absolute atomic E-state index is 0.0886. The number of ether oxygens (including phenoxy) is 1. The lowest BCUT2D eigenvalue weighted by Gasteiger charge is -2.11. The highest BCUT2D eigenvalue weighted by Crippen LogP contribution is 2.24. The standard InChI is InChI=1S/C12H8F3NO3/c13-12(14,15)7-19-10-4-2-1-3-8(10)5-9(6-16)11(17)18/h1-5H,7H2,(H,17,18)/b9-5-. The molecule has 0 radical (unpaired) electrons. The second-order valence-electron chi connectivity index (χ2n) is 3.42. The SMILES string of the molecule is N#C/C(=C/c1ccccc1OCC(F)(F)F)C(=O)O. The Kier molecular flexibility index (Phi) is 4.53. The second kappa shape index (κ2) is 5.91. The number of hydrogen-bond donors (Lipinski definition) is 1. The van der Waals surface area contributed by atoms with Crippen LogP contribution in [0.25, 0.3) is 6.08 Å². The van der Waals surface area contributed by atoms with Crippen LogP contribution in [0.5, 0.6) is 5.75 Å². The molecule has 0 heterocycles. The lowest BCUT2D eigenvalue weighted by atomic mass is 10.1. The van der Waals surface area contributed by atoms with E-state index in [4.69, 9.17) is 10.4 Å². The smallest absolute Gasteiger partial charge is 0.422 e. The number of carboxylic acid groups (broad SMARTS) is 1. The molecule has 0 spiro atoms. The molecule has 0 amide bonds. The summed E-state index contributed by atoms with van der Waals surface area (Å²) in [6.45, 7) is -1.49. The molecule has 0 aliphatic rings. The Labute approximate surface area is 106 Å². The summed E-state index contributed by atoms with van der Waals surface area (Å²) in [6.07, 6.45) is -3.55. The molecule has 7 heteroatoms. The van der Waals surface area contributed by atoms with Gasteiger partial charge in [0.2, 0.25) is 0 Å². The number of aliphatic carboxylic acids is 1. The average Bonchev–Trinajstić information content (AvgIpc) is 2.33. The van der Waals surface area contributed by atoms with Gasteiger partial charge in [-0.1, -0.05) is 18.2 Å². The Morgan fingerprint density at radius 2 is 2.05 bits per heavy atom. The highest BCUT2D eigenvalue weighted by Gasteiger charge is 2.28. The molecule has 1 rings (SSSR count). The Balaban J connectivity index is 3.03. The fourth-order valence-electron chi connectivity index (χ4n) is 1.19. The van der Waals surface area contributed by atoms with Gasteiger partial charge in [0.25, 0.3) is 0 Å². The third-order valence-electron chi connectivity index (χ3n) is 1.96. The summed E-state index contributed by atoms with van der Waals surface area (Å²) in [7, 11) is 0. The van der Waals surface area contributed by atoms with Gasteiger partial charge < -0.3 is 9.84 Å². The zero-order valence-corrected chi connectivity index (χ0v) is 9.44. The summed E-state index contributed by atoms with van der Waals surface area (Å²) < 4.78 is 40.7. The fourth-order valence-corrected chi connectivity index (χ4v) is 1.19. The molecule has 1 aromatic rings. The number of halogens is 3. The molecule has 0 saturated heterocycles. The first-order valence-electron chi connectivity index (χ1n) is 4.97. The van der Waals surface area contributed by atoms with E-state index in [1.54, 1.807) is 0 Å². The summed E-state index contributed by atoms with van der Waals surface area (Å²) in [5.74, 6) is -1.61. The topological polar surface area (TPSA) is 70.3 Å². The van der Waals surface area contributed by atoms with Crippen molar-refractivity contribution in [2.75, 3.05) is 6.61 Å². The van der Waals surface area contributed by atoms with Crippen LogP contribution in [-0.4, -0.2) is 23.9 Å². The van der Waals surface area contributed by atoms with Crippen LogP contribution in [0.4, 0.5) is 13.2 Å². The van der Waals surface area contributed by atoms with E-state index in [0.29, 0.717) is 0 Å². The van der Waals surface area contributed by atoms with Crippen LogP contribution in [-0.2, 0) is 4.79 Å². The van der Waals surface area contributed by atoms with Crippen molar-refractivity contribution >= 4 is 12.0 Å². The predicted molar refractivity (Wildman–Crippen MR) is 59.2 cm³/mol. The molecule has 0 aromatic heterocycles. The summed E-state index contributed by atoms with van der Waals surface area (Å²) in [5, 5.41) is 17.3. The lowest BCUT2D eigenvalue weighted by molar-refractivity contribution is -0.153. The lowest BCUT2D eigenvalue weighted by Crippen LogP contribution is -2.19. The summed E-state index contributed by atoms with van der Waals surface area (Å²) in [6, 6.07) is 6.97. The van der Waals surface area contributed by atoms with Crippen molar-refractivity contribution < 1.29 is 27.8 Å². The Morgan fingerprint density at radius 1 is 1.42 bits per heavy atom. The molecule has 1 N–H and O–H groups in total. The van der Waals surface area contributed by atoms with E-state index >= 15 is 0 Å². The van der Waals surface area contributed by atoms with Gasteiger partial charge in [-0.25, -0.2) is 4.79 Å². The number of benzene rings is 1. The number of nitrogens with zero attached hydrogens (tertiary/aromatic N) is 1. The van der Waals surface area contributed by atoms with Crippen LogP contribution < -0.4 is 4.74 Å². The molecule has 0 fully saturated rings. The zero-order valence-electron chi connectivity index (χ0n) is 9.44. The van der Waals surface area contributed by atoms with Crippen molar-refractivity contribution in [3.05, 3.63) is 35.4 Å². The Morgan fingerprint density at radius 3 is 2.58 bits per heavy atom. The van der Waals surface area contributed by atoms with Gasteiger partial charge in [0.05, 0.1) is 0 Å². The van der Waals surface area contributed by atoms with Crippen LogP contribution >= 0.6 is 0 Å². The van der Waals surface area contributed by atoms with E-state index in [-0.39, 0.29) is 11.3 Å². The maximum atomic E-state index is 12.0. The first-order chi connectivity index (χ1) is 8.83. The molecule has 0 aliphatic carbocycles. The normalized spacial score (nSPS) is 11.8. The van der Waals surface area contributed by atoms with Crippen molar-refractivity contribution in [1.82, 2.24) is 0 Å². The number of carboxylic acids is 1. The third kappa shape index (κ3) is 4.71. The average molecular weight is 271 g/mol. The van der Waals surface area contributed by atoms with E-state index in [2.05, 4.69) is 4.74 Å². The summed E-state index contributed by atoms with van der Waals surface area (Å²) in [5.41, 5.74) is -0.506. The first-order valence-corrected chi connectivity index (χ1v) is 4.97. The zero-order chi connectivity index (χ0) is 14.5. The maximum Gasteiger partial charge on any atom is 0.422 e. The van der Waals surface area contributed by atoms with Gasteiger partial charge >= 0.3 is 12.1 Å². The molecular formula is C12H8F3NO3. The quantitative estimate of drug-likeness (QED) is 0.675. The number of para-hydroxylation sites is 1. The van der Waals surface area contributed by atoms with E-state index in [9.17, 15) is 18.0 Å². The van der Waals surface area contributed by atoms with Gasteiger partial charge in [-0.3, -0.25) is 0 Å². The highest BCUT2D eigenvalue weighted by atomic mass is 19.4. The van der Waals surface area contributed by atoms with Crippen LogP contribution in [0.1, 0.15) is 5.56 Å². The molecule has 1 aromatic carbocycles. The van der Waals surface area contributed by atoms with Crippen molar-refractivity contribution in [2.24, 2.45) is 0 Å². The molecule has 19 heavy (non-hydrogen) atoms. The van der Waals surface area contributed by atoms with Crippen LogP contribution in [0.2, 0.25) is 0 Å². The van der Waals surface area contributed by atoms with Crippen molar-refractivity contribution in [1.29, 1.82) is 5.26 Å². The minimum Gasteiger partial charge on any atom is -0.484 e. The van der Waals surface area contributed by atoms with Gasteiger partial charge in [0.1, 0.15) is 17.4 Å². The molecule has 0 atom stereocenters. The second-order valence-corrected chi connectivity index (χ2v) is 3.42. The van der Waals surface area contributed by atoms with Crippen molar-refractivity contribution in [3.8, 4) is 11.8 Å². The largest absolute Gasteiger partial charge is 0.484 e. The molecule has 0 saturated carbocycles. The summed E-state index contributed by atoms with van der Waals surface area (Å²) in [4.78, 5) is 10.7. The molecule has 0 aliphatic heterocycles. The first kappa shape index (κ1) is 14.6. The highest BCUT2D eigenvalue weighted by molar-refractivity contribution is 5.96. The monoisotopic (exact) mass is 271 g/mol. The minimum atomic E-state index is -4.50. The third-order valence-corrected chi connectivity index (χ3v) is 1.96. The molecule has 0 unspecified atom stereocenters. The van der Waals surface area contributed by atoms with Crippen LogP contribution in [0, 0.1) is 11.3 Å². The van der Waals surface area contributed by atoms with Gasteiger partial charge in [-0.15, -0.1) is 0 Å². The number of alkyl halides is 3. The summed E-state index contributed by atoms with van der Waals surface area (Å²) >= 11 is 0. The molecular weight excluding hydrogens is 263 g/mol. The number of rotatable bonds is 4. The van der Waals surface area contributed by atoms with Gasteiger partial charge in [-0.05, 0) is 12.1 Å². The Hall–Kier alpha value is -2.49. The fraction of sp³-hybridized carbons (Fsp3) is 0.167. The van der Waals surface area contributed by atoms with E-state index in [1.165, 1.54) is 30.3 Å². The van der Waals surface area contributed by atoms with Gasteiger partial charge in [-0.2, -0.15) is 18.4 Å². The molecule has 100 valence electrons. The number of nitriles is 1. The van der Waals surface area contributed by atoms with E-state index < -0.39 is 24.3 Å². The number of hydrogen-bond acceptors (Lipinski definition) is 3. The van der Waals surface area contributed by atoms with Crippen LogP contribution in [0.15, 0.2) is 29.8 Å².